The van der Waals surface area contributed by atoms with Gasteiger partial charge in [-0.3, -0.25) is 0 Å². The number of rotatable bonds is 4. The highest BCUT2D eigenvalue weighted by atomic mass is 31.1. The standard InChI is InChI=1S/C4H11NO2P/c1-2-3-4-7-8(5)6/h2-4H2,1H3,(H2,5,6)/q+1. The molecule has 8 heavy (non-hydrogen) atoms. The Morgan fingerprint density at radius 2 is 2.38 bits per heavy atom. The monoisotopic (exact) mass is 136 g/mol. The maximum atomic E-state index is 10.0. The fraction of sp³-hybridized carbons (Fsp3) is 1.00. The SMILES string of the molecule is CCCCO[P+](N)=O. The van der Waals surface area contributed by atoms with E-state index in [0.29, 0.717) is 6.61 Å². The van der Waals surface area contributed by atoms with Gasteiger partial charge in [0.1, 0.15) is 6.61 Å². The molecule has 0 aromatic carbocycles. The van der Waals surface area contributed by atoms with Crippen molar-refractivity contribution >= 4 is 8.18 Å². The van der Waals surface area contributed by atoms with Crippen molar-refractivity contribution in [3.05, 3.63) is 0 Å². The fourth-order valence-electron chi connectivity index (χ4n) is 0.299. The van der Waals surface area contributed by atoms with Crippen molar-refractivity contribution in [2.75, 3.05) is 6.61 Å². The van der Waals surface area contributed by atoms with Gasteiger partial charge in [0.25, 0.3) is 0 Å². The third-order valence-corrected chi connectivity index (χ3v) is 1.15. The van der Waals surface area contributed by atoms with Gasteiger partial charge in [0.05, 0.1) is 0 Å². The molecule has 0 spiro atoms. The van der Waals surface area contributed by atoms with E-state index in [1.807, 2.05) is 6.92 Å². The van der Waals surface area contributed by atoms with Crippen LogP contribution in [0.25, 0.3) is 0 Å². The second-order valence-electron chi connectivity index (χ2n) is 1.47. The lowest BCUT2D eigenvalue weighted by Gasteiger charge is -1.83. The van der Waals surface area contributed by atoms with Crippen LogP contribution in [0.2, 0.25) is 0 Å². The number of hydrogen-bond donors (Lipinski definition) is 1. The van der Waals surface area contributed by atoms with Crippen LogP contribution in [0, 0.1) is 0 Å². The van der Waals surface area contributed by atoms with Gasteiger partial charge >= 0.3 is 8.18 Å². The summed E-state index contributed by atoms with van der Waals surface area (Å²) in [4.78, 5) is 0. The summed E-state index contributed by atoms with van der Waals surface area (Å²) in [7, 11) is -1.86. The molecule has 3 nitrogen and oxygen atoms in total. The molecule has 0 rings (SSSR count). The molecule has 0 bridgehead atoms. The topological polar surface area (TPSA) is 52.3 Å². The molecule has 0 aliphatic rings. The quantitative estimate of drug-likeness (QED) is 0.469. The van der Waals surface area contributed by atoms with Gasteiger partial charge in [-0.05, 0) is 11.0 Å². The minimum absolute atomic E-state index is 0.516. The van der Waals surface area contributed by atoms with Crippen LogP contribution in [0.4, 0.5) is 0 Å². The van der Waals surface area contributed by atoms with E-state index in [0.717, 1.165) is 12.8 Å². The zero-order valence-electron chi connectivity index (χ0n) is 4.96. The summed E-state index contributed by atoms with van der Waals surface area (Å²) in [5.41, 5.74) is 4.82. The minimum atomic E-state index is -1.86. The van der Waals surface area contributed by atoms with Crippen molar-refractivity contribution in [2.24, 2.45) is 5.50 Å². The molecule has 0 saturated heterocycles. The summed E-state index contributed by atoms with van der Waals surface area (Å²) in [5.74, 6) is 0. The van der Waals surface area contributed by atoms with Crippen molar-refractivity contribution in [1.29, 1.82) is 0 Å². The second kappa shape index (κ2) is 5.16. The van der Waals surface area contributed by atoms with E-state index in [4.69, 9.17) is 5.50 Å². The average Bonchev–Trinajstić information content (AvgIpc) is 1.66. The Labute approximate surface area is 50.1 Å². The van der Waals surface area contributed by atoms with E-state index in [1.165, 1.54) is 0 Å². The van der Waals surface area contributed by atoms with Crippen LogP contribution in [0.1, 0.15) is 19.8 Å². The Balaban J connectivity index is 2.82. The van der Waals surface area contributed by atoms with Gasteiger partial charge in [-0.15, -0.1) is 4.52 Å². The molecule has 0 aliphatic carbocycles. The van der Waals surface area contributed by atoms with Crippen LogP contribution in [0.3, 0.4) is 0 Å². The third-order valence-electron chi connectivity index (χ3n) is 0.716. The van der Waals surface area contributed by atoms with E-state index in [1.54, 1.807) is 0 Å². The Morgan fingerprint density at radius 1 is 1.75 bits per heavy atom. The lowest BCUT2D eigenvalue weighted by atomic mass is 10.4. The molecule has 0 amide bonds. The van der Waals surface area contributed by atoms with Gasteiger partial charge in [-0.1, -0.05) is 18.8 Å². The largest absolute Gasteiger partial charge is 0.610 e. The molecule has 1 unspecified atom stereocenters. The highest BCUT2D eigenvalue weighted by Gasteiger charge is 2.05. The van der Waals surface area contributed by atoms with Gasteiger partial charge in [0.2, 0.25) is 0 Å². The number of unbranched alkanes of at least 4 members (excludes halogenated alkanes) is 1. The Bertz CT molecular complexity index is 76.4. The van der Waals surface area contributed by atoms with Crippen molar-refractivity contribution < 1.29 is 9.09 Å². The summed E-state index contributed by atoms with van der Waals surface area (Å²) in [6.45, 7) is 2.55. The Morgan fingerprint density at radius 3 is 2.75 bits per heavy atom. The van der Waals surface area contributed by atoms with Crippen LogP contribution >= 0.6 is 8.18 Å². The van der Waals surface area contributed by atoms with Gasteiger partial charge in [-0.25, -0.2) is 0 Å². The molecule has 48 valence electrons. The molecule has 4 heteroatoms. The van der Waals surface area contributed by atoms with Crippen molar-refractivity contribution in [1.82, 2.24) is 0 Å². The predicted molar refractivity (Wildman–Crippen MR) is 32.7 cm³/mol. The number of nitrogens with two attached hydrogens (primary N) is 1. The lowest BCUT2D eigenvalue weighted by molar-refractivity contribution is 0.321. The van der Waals surface area contributed by atoms with Gasteiger partial charge in [0.15, 0.2) is 0 Å². The average molecular weight is 136 g/mol. The molecule has 2 N–H and O–H groups in total. The molecule has 0 aromatic heterocycles. The molecule has 0 radical (unpaired) electrons. The Hall–Kier alpha value is 0.0200. The molecule has 1 atom stereocenters. The first-order valence-corrected chi connectivity index (χ1v) is 3.87. The van der Waals surface area contributed by atoms with Crippen molar-refractivity contribution in [3.63, 3.8) is 0 Å². The molecular formula is C4H11NO2P+. The molecule has 0 heterocycles. The van der Waals surface area contributed by atoms with E-state index < -0.39 is 8.18 Å². The highest BCUT2D eigenvalue weighted by Crippen LogP contribution is 2.09. The predicted octanol–water partition coefficient (Wildman–Crippen LogP) is 1.42. The smallest absolute Gasteiger partial charge is 0.130 e. The van der Waals surface area contributed by atoms with Crippen LogP contribution in [-0.2, 0) is 9.09 Å². The van der Waals surface area contributed by atoms with Crippen LogP contribution in [0.15, 0.2) is 0 Å². The van der Waals surface area contributed by atoms with Crippen LogP contribution in [0.5, 0.6) is 0 Å². The molecule has 0 fully saturated rings. The maximum Gasteiger partial charge on any atom is 0.610 e. The molecule has 0 aromatic rings. The first-order valence-electron chi connectivity index (χ1n) is 2.62. The van der Waals surface area contributed by atoms with Crippen LogP contribution in [-0.4, -0.2) is 6.61 Å². The van der Waals surface area contributed by atoms with E-state index in [2.05, 4.69) is 4.52 Å². The first kappa shape index (κ1) is 8.02. The Kier molecular flexibility index (Phi) is 5.18. The summed E-state index contributed by atoms with van der Waals surface area (Å²) >= 11 is 0. The zero-order valence-corrected chi connectivity index (χ0v) is 5.86. The van der Waals surface area contributed by atoms with E-state index in [9.17, 15) is 4.57 Å². The molecular weight excluding hydrogens is 125 g/mol. The first-order chi connectivity index (χ1) is 3.77. The van der Waals surface area contributed by atoms with E-state index in [-0.39, 0.29) is 0 Å². The summed E-state index contributed by atoms with van der Waals surface area (Å²) in [6, 6.07) is 0. The second-order valence-corrected chi connectivity index (χ2v) is 2.30. The highest BCUT2D eigenvalue weighted by molar-refractivity contribution is 7.36. The van der Waals surface area contributed by atoms with Crippen molar-refractivity contribution in [3.8, 4) is 0 Å². The van der Waals surface area contributed by atoms with Gasteiger partial charge in [-0.2, -0.15) is 0 Å². The summed E-state index contributed by atoms with van der Waals surface area (Å²) in [5, 5.41) is 0. The maximum absolute atomic E-state index is 10.0. The van der Waals surface area contributed by atoms with Crippen molar-refractivity contribution in [2.45, 2.75) is 19.8 Å². The van der Waals surface area contributed by atoms with Gasteiger partial charge < -0.3 is 0 Å². The number of hydrogen-bond acceptors (Lipinski definition) is 2. The lowest BCUT2D eigenvalue weighted by Crippen LogP contribution is -1.88. The van der Waals surface area contributed by atoms with Gasteiger partial charge in [0, 0.05) is 0 Å². The summed E-state index contributed by atoms with van der Waals surface area (Å²) < 4.78 is 14.6. The summed E-state index contributed by atoms with van der Waals surface area (Å²) in [6.07, 6.45) is 1.97. The fourth-order valence-corrected chi connectivity index (χ4v) is 0.608. The van der Waals surface area contributed by atoms with Crippen LogP contribution < -0.4 is 5.50 Å². The zero-order chi connectivity index (χ0) is 6.41. The third kappa shape index (κ3) is 6.02. The molecule has 0 saturated carbocycles. The molecule has 0 aliphatic heterocycles. The normalized spacial score (nSPS) is 11.5. The van der Waals surface area contributed by atoms with E-state index >= 15 is 0 Å². The minimum Gasteiger partial charge on any atom is -0.130 e.